The largest absolute Gasteiger partial charge is 0.493 e. The summed E-state index contributed by atoms with van der Waals surface area (Å²) in [4.78, 5) is 13.1. The van der Waals surface area contributed by atoms with Crippen LogP contribution in [0.15, 0.2) is 67.1 Å². The molecule has 3 aromatic heterocycles. The summed E-state index contributed by atoms with van der Waals surface area (Å²) < 4.78 is 42.1. The molecule has 0 fully saturated rings. The van der Waals surface area contributed by atoms with Crippen LogP contribution < -0.4 is 14.8 Å². The number of anilines is 2. The number of nitrogens with one attached hydrogen (secondary N) is 1. The van der Waals surface area contributed by atoms with Gasteiger partial charge in [-0.25, -0.2) is 18.7 Å². The number of nitrogens with zero attached hydrogens (tertiary/aromatic N) is 5. The van der Waals surface area contributed by atoms with Gasteiger partial charge in [0.25, 0.3) is 0 Å². The van der Waals surface area contributed by atoms with Crippen LogP contribution in [0.3, 0.4) is 0 Å². The first-order valence-electron chi connectivity index (χ1n) is 11.7. The van der Waals surface area contributed by atoms with Crippen molar-refractivity contribution < 1.29 is 18.3 Å². The van der Waals surface area contributed by atoms with E-state index in [1.165, 1.54) is 19.2 Å². The first kappa shape index (κ1) is 24.1. The van der Waals surface area contributed by atoms with Gasteiger partial charge in [-0.2, -0.15) is 5.10 Å². The molecule has 0 aliphatic rings. The van der Waals surface area contributed by atoms with Gasteiger partial charge in [-0.1, -0.05) is 25.1 Å². The maximum absolute atomic E-state index is 14.9. The van der Waals surface area contributed by atoms with Crippen molar-refractivity contribution in [2.45, 2.75) is 19.9 Å². The predicted octanol–water partition coefficient (Wildman–Crippen LogP) is 5.76. The molecule has 2 aromatic carbocycles. The Hall–Kier alpha value is -4.60. The lowest BCUT2D eigenvalue weighted by atomic mass is 10.1. The maximum Gasteiger partial charge on any atom is 0.183 e. The van der Waals surface area contributed by atoms with Crippen LogP contribution in [-0.2, 0) is 6.54 Å². The number of ether oxygens (including phenoxy) is 2. The molecule has 0 bridgehead atoms. The minimum absolute atomic E-state index is 0.112. The smallest absolute Gasteiger partial charge is 0.183 e. The summed E-state index contributed by atoms with van der Waals surface area (Å²) in [6, 6.07) is 13.4. The van der Waals surface area contributed by atoms with Crippen molar-refractivity contribution in [3.8, 4) is 23.0 Å². The van der Waals surface area contributed by atoms with Gasteiger partial charge in [-0.05, 0) is 24.6 Å². The molecule has 188 valence electrons. The Morgan fingerprint density at radius 1 is 1.03 bits per heavy atom. The molecule has 0 saturated heterocycles. The van der Waals surface area contributed by atoms with Gasteiger partial charge in [0.2, 0.25) is 0 Å². The third kappa shape index (κ3) is 5.04. The van der Waals surface area contributed by atoms with Crippen LogP contribution in [0.1, 0.15) is 18.9 Å². The quantitative estimate of drug-likeness (QED) is 0.274. The van der Waals surface area contributed by atoms with Crippen molar-refractivity contribution in [3.05, 3.63) is 84.3 Å². The number of hydrogen-bond donors (Lipinski definition) is 1. The highest BCUT2D eigenvalue weighted by Crippen LogP contribution is 2.31. The Bertz CT molecular complexity index is 1520. The average molecular weight is 503 g/mol. The number of aromatic nitrogens is 5. The Balaban J connectivity index is 1.54. The minimum Gasteiger partial charge on any atom is -0.493 e. The van der Waals surface area contributed by atoms with Crippen LogP contribution in [0.25, 0.3) is 22.4 Å². The van der Waals surface area contributed by atoms with Gasteiger partial charge < -0.3 is 14.8 Å². The molecule has 1 N–H and O–H groups in total. The van der Waals surface area contributed by atoms with E-state index in [0.29, 0.717) is 35.2 Å². The van der Waals surface area contributed by atoms with E-state index in [4.69, 9.17) is 9.47 Å². The summed E-state index contributed by atoms with van der Waals surface area (Å²) in [5, 5.41) is 8.60. The van der Waals surface area contributed by atoms with E-state index >= 15 is 0 Å². The van der Waals surface area contributed by atoms with E-state index in [-0.39, 0.29) is 17.9 Å². The lowest BCUT2D eigenvalue weighted by Crippen LogP contribution is -2.08. The third-order valence-corrected chi connectivity index (χ3v) is 5.68. The standard InChI is InChI=1S/C27H24F2N6O2/c1-3-12-37-18-13-21(28)20(22(29)14-18)16-35-23-7-5-4-6-19(23)25(34-35)27-31-15-24(36-2)26(33-27)32-17-8-10-30-11-9-17/h4-11,13-15H,3,12,16H2,1-2H3,(H,30,31,32,33). The second-order valence-electron chi connectivity index (χ2n) is 8.21. The van der Waals surface area contributed by atoms with Gasteiger partial charge in [0.1, 0.15) is 23.1 Å². The van der Waals surface area contributed by atoms with Gasteiger partial charge in [-0.3, -0.25) is 9.67 Å². The van der Waals surface area contributed by atoms with Crippen LogP contribution >= 0.6 is 0 Å². The summed E-state index contributed by atoms with van der Waals surface area (Å²) in [6.07, 6.45) is 5.61. The molecule has 0 amide bonds. The number of benzene rings is 2. The van der Waals surface area contributed by atoms with E-state index in [1.54, 1.807) is 35.4 Å². The van der Waals surface area contributed by atoms with Crippen LogP contribution in [0.4, 0.5) is 20.3 Å². The normalized spacial score (nSPS) is 11.0. The highest BCUT2D eigenvalue weighted by molar-refractivity contribution is 5.92. The van der Waals surface area contributed by atoms with E-state index in [2.05, 4.69) is 25.4 Å². The monoisotopic (exact) mass is 502 g/mol. The SMILES string of the molecule is CCCOc1cc(F)c(Cn2nc(-c3ncc(OC)c(Nc4ccncc4)n3)c3ccccc32)c(F)c1. The number of rotatable bonds is 9. The molecule has 5 aromatic rings. The van der Waals surface area contributed by atoms with Crippen molar-refractivity contribution >= 4 is 22.4 Å². The highest BCUT2D eigenvalue weighted by Gasteiger charge is 2.20. The van der Waals surface area contributed by atoms with Crippen molar-refractivity contribution in [3.63, 3.8) is 0 Å². The zero-order valence-corrected chi connectivity index (χ0v) is 20.3. The number of para-hydroxylation sites is 1. The van der Waals surface area contributed by atoms with Crippen LogP contribution in [0, 0.1) is 11.6 Å². The number of methoxy groups -OCH3 is 1. The molecule has 37 heavy (non-hydrogen) atoms. The zero-order valence-electron chi connectivity index (χ0n) is 20.3. The van der Waals surface area contributed by atoms with Gasteiger partial charge in [0, 0.05) is 41.2 Å². The Kier molecular flexibility index (Phi) is 6.89. The fourth-order valence-corrected chi connectivity index (χ4v) is 3.89. The molecule has 0 unspecified atom stereocenters. The summed E-state index contributed by atoms with van der Waals surface area (Å²) >= 11 is 0. The van der Waals surface area contributed by atoms with Crippen molar-refractivity contribution in [1.82, 2.24) is 24.7 Å². The van der Waals surface area contributed by atoms with Crippen molar-refractivity contribution in [2.24, 2.45) is 0 Å². The lowest BCUT2D eigenvalue weighted by Gasteiger charge is -2.11. The Morgan fingerprint density at radius 2 is 1.78 bits per heavy atom. The highest BCUT2D eigenvalue weighted by atomic mass is 19.1. The van der Waals surface area contributed by atoms with Gasteiger partial charge in [0.05, 0.1) is 32.0 Å². The molecular weight excluding hydrogens is 478 g/mol. The zero-order chi connectivity index (χ0) is 25.8. The molecule has 0 aliphatic heterocycles. The topological polar surface area (TPSA) is 87.0 Å². The Morgan fingerprint density at radius 3 is 2.51 bits per heavy atom. The molecule has 0 spiro atoms. The molecule has 8 nitrogen and oxygen atoms in total. The number of hydrogen-bond acceptors (Lipinski definition) is 7. The molecule has 0 atom stereocenters. The van der Waals surface area contributed by atoms with Crippen molar-refractivity contribution in [2.75, 3.05) is 19.0 Å². The van der Waals surface area contributed by atoms with Crippen LogP contribution in [0.5, 0.6) is 11.5 Å². The number of fused-ring (bicyclic) bond motifs is 1. The third-order valence-electron chi connectivity index (χ3n) is 5.68. The van der Waals surface area contributed by atoms with E-state index < -0.39 is 11.6 Å². The van der Waals surface area contributed by atoms with Crippen LogP contribution in [0.2, 0.25) is 0 Å². The van der Waals surface area contributed by atoms with Gasteiger partial charge >= 0.3 is 0 Å². The lowest BCUT2D eigenvalue weighted by molar-refractivity contribution is 0.313. The fraction of sp³-hybridized carbons (Fsp3) is 0.185. The molecule has 0 saturated carbocycles. The maximum atomic E-state index is 14.9. The van der Waals surface area contributed by atoms with E-state index in [0.717, 1.165) is 17.5 Å². The number of halogens is 2. The summed E-state index contributed by atoms with van der Waals surface area (Å²) in [5.41, 5.74) is 1.82. The van der Waals surface area contributed by atoms with Gasteiger partial charge in [-0.15, -0.1) is 0 Å². The summed E-state index contributed by atoms with van der Waals surface area (Å²) in [7, 11) is 1.53. The first-order chi connectivity index (χ1) is 18.1. The Labute approximate surface area is 211 Å². The van der Waals surface area contributed by atoms with Crippen LogP contribution in [-0.4, -0.2) is 38.4 Å². The molecular formula is C27H24F2N6O2. The summed E-state index contributed by atoms with van der Waals surface area (Å²) in [5.74, 6) is -0.0199. The number of pyridine rings is 1. The molecule has 0 radical (unpaired) electrons. The second kappa shape index (κ2) is 10.6. The van der Waals surface area contributed by atoms with E-state index in [1.807, 2.05) is 31.2 Å². The summed E-state index contributed by atoms with van der Waals surface area (Å²) in [6.45, 7) is 2.18. The molecule has 3 heterocycles. The average Bonchev–Trinajstić information content (AvgIpc) is 3.28. The minimum atomic E-state index is -0.697. The molecule has 10 heteroatoms. The first-order valence-corrected chi connectivity index (χ1v) is 11.7. The predicted molar refractivity (Wildman–Crippen MR) is 136 cm³/mol. The second-order valence-corrected chi connectivity index (χ2v) is 8.21. The molecule has 5 rings (SSSR count). The molecule has 0 aliphatic carbocycles. The fourth-order valence-electron chi connectivity index (χ4n) is 3.89. The van der Waals surface area contributed by atoms with Gasteiger partial charge in [0.15, 0.2) is 17.4 Å². The van der Waals surface area contributed by atoms with E-state index in [9.17, 15) is 8.78 Å². The van der Waals surface area contributed by atoms with Crippen molar-refractivity contribution in [1.29, 1.82) is 0 Å².